The predicted molar refractivity (Wildman–Crippen MR) is 124 cm³/mol. The van der Waals surface area contributed by atoms with Crippen molar-refractivity contribution in [2.75, 3.05) is 13.6 Å². The van der Waals surface area contributed by atoms with Crippen LogP contribution in [0.1, 0.15) is 43.7 Å². The second kappa shape index (κ2) is 9.84. The molecule has 0 saturated carbocycles. The van der Waals surface area contributed by atoms with E-state index in [-0.39, 0.29) is 11.8 Å². The monoisotopic (exact) mass is 446 g/mol. The number of carbonyl (C=O) groups is 1. The van der Waals surface area contributed by atoms with Crippen LogP contribution in [0.25, 0.3) is 0 Å². The van der Waals surface area contributed by atoms with Crippen LogP contribution in [0.5, 0.6) is 0 Å². The number of halogens is 2. The van der Waals surface area contributed by atoms with Crippen molar-refractivity contribution in [2.24, 2.45) is 5.84 Å². The van der Waals surface area contributed by atoms with Gasteiger partial charge in [0.2, 0.25) is 0 Å². The predicted octanol–water partition coefficient (Wildman–Crippen LogP) is 4.56. The van der Waals surface area contributed by atoms with E-state index in [4.69, 9.17) is 29.0 Å². The fourth-order valence-corrected chi connectivity index (χ4v) is 4.59. The van der Waals surface area contributed by atoms with Gasteiger partial charge < -0.3 is 15.6 Å². The second-order valence-corrected chi connectivity index (χ2v) is 8.56. The van der Waals surface area contributed by atoms with Crippen LogP contribution in [0.2, 0.25) is 10.0 Å². The van der Waals surface area contributed by atoms with Crippen molar-refractivity contribution in [3.05, 3.63) is 80.1 Å². The molecule has 1 atom stereocenters. The standard InChI is InChI=1S/C23H28Cl2N4O/c1-4-18(14(2)28-26)23(30)27-17-7-5-6-15(8-9-17)20-12-29(3)13-21-19(20)10-16(24)11-22(21)25/h5-8,10-11,20,28H,4,9,12-13,26H2,1-3H3,(H,27,30)/b18-14+. The number of benzene rings is 1. The van der Waals surface area contributed by atoms with Crippen molar-refractivity contribution in [3.8, 4) is 0 Å². The number of carbonyl (C=O) groups excluding carboxylic acids is 1. The van der Waals surface area contributed by atoms with E-state index in [9.17, 15) is 4.79 Å². The molecular formula is C23H28Cl2N4O. The highest BCUT2D eigenvalue weighted by atomic mass is 35.5. The molecule has 1 heterocycles. The van der Waals surface area contributed by atoms with Crippen molar-refractivity contribution >= 4 is 29.1 Å². The topological polar surface area (TPSA) is 70.4 Å². The number of nitrogens with zero attached hydrogens (tertiary/aromatic N) is 1. The SMILES string of the molecule is CC/C(C(=O)NC1=CC=CC(C2CN(C)Cc3c(Cl)cc(Cl)cc32)=CC1)=C(/C)NN. The average molecular weight is 447 g/mol. The van der Waals surface area contributed by atoms with Crippen LogP contribution in [0, 0.1) is 0 Å². The van der Waals surface area contributed by atoms with E-state index in [1.165, 1.54) is 11.1 Å². The molecular weight excluding hydrogens is 419 g/mol. The minimum absolute atomic E-state index is 0.134. The summed E-state index contributed by atoms with van der Waals surface area (Å²) in [7, 11) is 2.10. The third-order valence-corrected chi connectivity index (χ3v) is 6.16. The van der Waals surface area contributed by atoms with Gasteiger partial charge in [-0.15, -0.1) is 0 Å². The molecule has 0 fully saturated rings. The summed E-state index contributed by atoms with van der Waals surface area (Å²) < 4.78 is 0. The van der Waals surface area contributed by atoms with E-state index in [1.54, 1.807) is 6.92 Å². The first-order chi connectivity index (χ1) is 14.3. The Hall–Kier alpha value is -2.05. The largest absolute Gasteiger partial charge is 0.328 e. The first-order valence-corrected chi connectivity index (χ1v) is 10.8. The van der Waals surface area contributed by atoms with Gasteiger partial charge in [0, 0.05) is 52.4 Å². The van der Waals surface area contributed by atoms with Crippen LogP contribution >= 0.6 is 23.2 Å². The Morgan fingerprint density at radius 2 is 2.10 bits per heavy atom. The maximum absolute atomic E-state index is 12.6. The maximum atomic E-state index is 12.6. The lowest BCUT2D eigenvalue weighted by Gasteiger charge is -2.34. The Balaban J connectivity index is 1.82. The van der Waals surface area contributed by atoms with E-state index < -0.39 is 0 Å². The first-order valence-electron chi connectivity index (χ1n) is 10.0. The lowest BCUT2D eigenvalue weighted by atomic mass is 9.84. The van der Waals surface area contributed by atoms with Gasteiger partial charge in [-0.1, -0.05) is 48.4 Å². The summed E-state index contributed by atoms with van der Waals surface area (Å²) in [6.45, 7) is 5.41. The molecule has 0 bridgehead atoms. The summed E-state index contributed by atoms with van der Waals surface area (Å²) in [4.78, 5) is 14.9. The van der Waals surface area contributed by atoms with Gasteiger partial charge in [-0.2, -0.15) is 0 Å². The molecule has 0 radical (unpaired) electrons. The number of hydrogen-bond donors (Lipinski definition) is 3. The van der Waals surface area contributed by atoms with Gasteiger partial charge >= 0.3 is 0 Å². The van der Waals surface area contributed by atoms with Crippen molar-refractivity contribution in [1.82, 2.24) is 15.6 Å². The number of hydrazine groups is 1. The Labute approximate surface area is 188 Å². The van der Waals surface area contributed by atoms with Gasteiger partial charge in [-0.05, 0) is 55.3 Å². The number of nitrogens with two attached hydrogens (primary N) is 1. The van der Waals surface area contributed by atoms with Gasteiger partial charge in [-0.3, -0.25) is 10.6 Å². The molecule has 30 heavy (non-hydrogen) atoms. The minimum Gasteiger partial charge on any atom is -0.328 e. The molecule has 5 nitrogen and oxygen atoms in total. The molecule has 1 aromatic rings. The number of likely N-dealkylation sites (N-methyl/N-ethyl adjacent to an activating group) is 1. The van der Waals surface area contributed by atoms with Gasteiger partial charge in [-0.25, -0.2) is 0 Å². The number of nitrogens with one attached hydrogen (secondary N) is 2. The second-order valence-electron chi connectivity index (χ2n) is 7.72. The smallest absolute Gasteiger partial charge is 0.253 e. The first kappa shape index (κ1) is 22.6. The number of fused-ring (bicyclic) bond motifs is 1. The number of rotatable bonds is 5. The zero-order valence-corrected chi connectivity index (χ0v) is 19.1. The number of hydrogen-bond acceptors (Lipinski definition) is 4. The molecule has 160 valence electrons. The Morgan fingerprint density at radius 1 is 1.33 bits per heavy atom. The van der Waals surface area contributed by atoms with Crippen molar-refractivity contribution in [2.45, 2.75) is 39.2 Å². The number of amides is 1. The van der Waals surface area contributed by atoms with Gasteiger partial charge in [0.15, 0.2) is 0 Å². The molecule has 1 aliphatic heterocycles. The zero-order chi connectivity index (χ0) is 21.8. The summed E-state index contributed by atoms with van der Waals surface area (Å²) in [6, 6.07) is 3.83. The minimum atomic E-state index is -0.134. The highest BCUT2D eigenvalue weighted by molar-refractivity contribution is 6.35. The lowest BCUT2D eigenvalue weighted by molar-refractivity contribution is -0.117. The summed E-state index contributed by atoms with van der Waals surface area (Å²) >= 11 is 12.8. The molecule has 1 unspecified atom stereocenters. The molecule has 1 amide bonds. The van der Waals surface area contributed by atoms with Crippen LogP contribution in [0.3, 0.4) is 0 Å². The summed E-state index contributed by atoms with van der Waals surface area (Å²) in [6.07, 6.45) is 9.42. The van der Waals surface area contributed by atoms with Crippen molar-refractivity contribution in [3.63, 3.8) is 0 Å². The van der Waals surface area contributed by atoms with Crippen LogP contribution in [0.4, 0.5) is 0 Å². The van der Waals surface area contributed by atoms with Crippen LogP contribution < -0.4 is 16.6 Å². The highest BCUT2D eigenvalue weighted by Crippen LogP contribution is 2.39. The van der Waals surface area contributed by atoms with Crippen LogP contribution in [-0.2, 0) is 11.3 Å². The third-order valence-electron chi connectivity index (χ3n) is 5.61. The molecule has 1 aliphatic carbocycles. The van der Waals surface area contributed by atoms with Gasteiger partial charge in [0.25, 0.3) is 5.91 Å². The highest BCUT2D eigenvalue weighted by Gasteiger charge is 2.28. The summed E-state index contributed by atoms with van der Waals surface area (Å²) in [5.74, 6) is 5.51. The van der Waals surface area contributed by atoms with Crippen LogP contribution in [-0.4, -0.2) is 24.4 Å². The molecule has 1 aromatic carbocycles. The Morgan fingerprint density at radius 3 is 2.80 bits per heavy atom. The summed E-state index contributed by atoms with van der Waals surface area (Å²) in [5.41, 5.74) is 8.21. The van der Waals surface area contributed by atoms with Gasteiger partial charge in [0.1, 0.15) is 0 Å². The summed E-state index contributed by atoms with van der Waals surface area (Å²) in [5, 5.41) is 4.38. The number of allylic oxidation sites excluding steroid dienone is 5. The molecule has 4 N–H and O–H groups in total. The molecule has 7 heteroatoms. The molecule has 2 aliphatic rings. The molecule has 3 rings (SSSR count). The third kappa shape index (κ3) is 4.98. The van der Waals surface area contributed by atoms with Crippen molar-refractivity contribution in [1.29, 1.82) is 0 Å². The van der Waals surface area contributed by atoms with Gasteiger partial charge in [0.05, 0.1) is 0 Å². The fourth-order valence-electron chi connectivity index (χ4n) is 4.03. The van der Waals surface area contributed by atoms with E-state index in [0.717, 1.165) is 24.4 Å². The van der Waals surface area contributed by atoms with E-state index in [0.29, 0.717) is 34.2 Å². The van der Waals surface area contributed by atoms with Crippen molar-refractivity contribution < 1.29 is 4.79 Å². The molecule has 0 spiro atoms. The van der Waals surface area contributed by atoms with E-state index in [1.807, 2.05) is 31.2 Å². The quantitative estimate of drug-likeness (QED) is 0.352. The van der Waals surface area contributed by atoms with E-state index in [2.05, 4.69) is 34.8 Å². The zero-order valence-electron chi connectivity index (χ0n) is 17.6. The lowest BCUT2D eigenvalue weighted by Crippen LogP contribution is -2.31. The van der Waals surface area contributed by atoms with Crippen LogP contribution in [0.15, 0.2) is 59.0 Å². The Kier molecular flexibility index (Phi) is 7.42. The molecule has 0 saturated heterocycles. The normalized spacial score (nSPS) is 19.9. The maximum Gasteiger partial charge on any atom is 0.253 e. The fraction of sp³-hybridized carbons (Fsp3) is 0.348. The Bertz CT molecular complexity index is 962. The average Bonchev–Trinajstić information content (AvgIpc) is 2.94. The molecule has 0 aromatic heterocycles. The van der Waals surface area contributed by atoms with E-state index >= 15 is 0 Å².